The Morgan fingerprint density at radius 1 is 0.912 bits per heavy atom. The third kappa shape index (κ3) is 4.60. The Bertz CT molecular complexity index is 1470. The van der Waals surface area contributed by atoms with E-state index in [1.54, 1.807) is 24.3 Å². The summed E-state index contributed by atoms with van der Waals surface area (Å²) in [6.45, 7) is 9.56. The van der Waals surface area contributed by atoms with Crippen molar-refractivity contribution >= 4 is 32.3 Å². The Balaban J connectivity index is 2.06. The number of thiazole rings is 1. The van der Waals surface area contributed by atoms with Crippen LogP contribution in [0.25, 0.3) is 21.7 Å². The smallest absolute Gasteiger partial charge is 0.227 e. The van der Waals surface area contributed by atoms with Crippen LogP contribution in [0.2, 0.25) is 0 Å². The fraction of sp³-hybridized carbons (Fsp3) is 0.269. The Morgan fingerprint density at radius 2 is 1.59 bits per heavy atom. The molecule has 0 aliphatic carbocycles. The van der Waals surface area contributed by atoms with Crippen molar-refractivity contribution in [1.82, 2.24) is 9.88 Å². The summed E-state index contributed by atoms with van der Waals surface area (Å²) in [5.74, 6) is 0.684. The van der Waals surface area contributed by atoms with Crippen molar-refractivity contribution in [3.63, 3.8) is 0 Å². The molecule has 0 spiro atoms. The second-order valence-electron chi connectivity index (χ2n) is 7.94. The molecule has 4 rings (SSSR count). The van der Waals surface area contributed by atoms with Gasteiger partial charge in [-0.25, -0.2) is 13.4 Å². The lowest BCUT2D eigenvalue weighted by Crippen LogP contribution is -2.29. The molecular formula is C26H28N4O2S2. The molecule has 0 fully saturated rings. The molecule has 0 saturated heterocycles. The maximum atomic E-state index is 13.8. The number of aryl methyl sites for hydroxylation is 1. The standard InChI is InChI=1S/C26H28N4O2S2/c1-5-19-17-22-23(33-25(27-22)20-11-9-8-10-12-20)26(29-28-24(19)30(6-2)7-3)34(31,32)21-15-13-18(4)14-16-21/h8-17H,5-7H2,1-4H3/b19-17?,22-17+,24-19+,26-23-,28-24?,29-26?,29-28-. The van der Waals surface area contributed by atoms with Crippen molar-refractivity contribution in [2.75, 3.05) is 13.1 Å². The number of hydrogen-bond donors (Lipinski definition) is 0. The van der Waals surface area contributed by atoms with Gasteiger partial charge in [0.15, 0.2) is 5.82 Å². The van der Waals surface area contributed by atoms with Crippen molar-refractivity contribution < 1.29 is 8.42 Å². The van der Waals surface area contributed by atoms with Crippen LogP contribution in [0, 0.1) is 6.92 Å². The Kier molecular flexibility index (Phi) is 7.09. The van der Waals surface area contributed by atoms with Crippen LogP contribution < -0.4 is 9.88 Å². The highest BCUT2D eigenvalue weighted by atomic mass is 32.2. The predicted molar refractivity (Wildman–Crippen MR) is 138 cm³/mol. The molecule has 0 unspecified atom stereocenters. The SMILES string of the molecule is CCC1=C(N(CC)CC)/N=N\C(S(=O)(=O)c2ccc(C)cc2)=c2\sc(-c3ccccc3)n\c2=C\1. The van der Waals surface area contributed by atoms with Gasteiger partial charge >= 0.3 is 0 Å². The molecule has 0 saturated carbocycles. The van der Waals surface area contributed by atoms with Crippen molar-refractivity contribution in [3.8, 4) is 10.6 Å². The van der Waals surface area contributed by atoms with Crippen LogP contribution in [0.4, 0.5) is 0 Å². The first-order valence-electron chi connectivity index (χ1n) is 11.4. The molecule has 3 aromatic rings. The zero-order valence-corrected chi connectivity index (χ0v) is 21.4. The van der Waals surface area contributed by atoms with Gasteiger partial charge in [-0.15, -0.1) is 21.6 Å². The number of rotatable bonds is 7. The van der Waals surface area contributed by atoms with Gasteiger partial charge in [0, 0.05) is 18.7 Å². The van der Waals surface area contributed by atoms with Crippen LogP contribution in [-0.4, -0.2) is 31.4 Å². The monoisotopic (exact) mass is 492 g/mol. The summed E-state index contributed by atoms with van der Waals surface area (Å²) in [4.78, 5) is 7.14. The summed E-state index contributed by atoms with van der Waals surface area (Å²) in [6.07, 6.45) is 2.69. The molecule has 0 bridgehead atoms. The molecule has 2 heterocycles. The van der Waals surface area contributed by atoms with E-state index in [-0.39, 0.29) is 9.92 Å². The molecule has 176 valence electrons. The summed E-state index contributed by atoms with van der Waals surface area (Å²) >= 11 is 1.33. The van der Waals surface area contributed by atoms with Gasteiger partial charge in [0.2, 0.25) is 14.9 Å². The van der Waals surface area contributed by atoms with E-state index in [0.717, 1.165) is 41.2 Å². The third-order valence-electron chi connectivity index (χ3n) is 5.73. The summed E-state index contributed by atoms with van der Waals surface area (Å²) < 4.78 is 28.1. The van der Waals surface area contributed by atoms with Crippen LogP contribution in [-0.2, 0) is 9.84 Å². The van der Waals surface area contributed by atoms with Crippen LogP contribution in [0.3, 0.4) is 0 Å². The van der Waals surface area contributed by atoms with Gasteiger partial charge in [-0.3, -0.25) is 0 Å². The van der Waals surface area contributed by atoms with Crippen LogP contribution in [0.1, 0.15) is 32.8 Å². The highest BCUT2D eigenvalue weighted by molar-refractivity contribution is 8.00. The second kappa shape index (κ2) is 10.0. The normalized spacial score (nSPS) is 19.5. The van der Waals surface area contributed by atoms with E-state index >= 15 is 0 Å². The summed E-state index contributed by atoms with van der Waals surface area (Å²) in [5, 5.41) is 10.2. The van der Waals surface area contributed by atoms with E-state index in [1.165, 1.54) is 11.3 Å². The number of azo groups is 1. The Hall–Kier alpha value is -3.10. The Morgan fingerprint density at radius 3 is 2.21 bits per heavy atom. The molecule has 2 aromatic carbocycles. The molecule has 1 aliphatic rings. The number of fused-ring (bicyclic) bond motifs is 1. The molecule has 34 heavy (non-hydrogen) atoms. The van der Waals surface area contributed by atoms with Gasteiger partial charge in [0.25, 0.3) is 0 Å². The van der Waals surface area contributed by atoms with E-state index in [9.17, 15) is 8.42 Å². The van der Waals surface area contributed by atoms with E-state index in [0.29, 0.717) is 15.7 Å². The average molecular weight is 493 g/mol. The lowest BCUT2D eigenvalue weighted by Gasteiger charge is -2.23. The lowest BCUT2D eigenvalue weighted by atomic mass is 10.1. The maximum Gasteiger partial charge on any atom is 0.227 e. The number of sulfone groups is 1. The average Bonchev–Trinajstić information content (AvgIpc) is 3.24. The minimum atomic E-state index is -3.92. The quantitative estimate of drug-likeness (QED) is 0.472. The highest BCUT2D eigenvalue weighted by Crippen LogP contribution is 2.27. The minimum absolute atomic E-state index is 0.0675. The molecule has 8 heteroatoms. The lowest BCUT2D eigenvalue weighted by molar-refractivity contribution is 0.371. The predicted octanol–water partition coefficient (Wildman–Crippen LogP) is 4.87. The van der Waals surface area contributed by atoms with E-state index in [2.05, 4.69) is 22.1 Å². The van der Waals surface area contributed by atoms with Crippen LogP contribution >= 0.6 is 11.3 Å². The first-order chi connectivity index (χ1) is 16.4. The molecule has 0 radical (unpaired) electrons. The van der Waals surface area contributed by atoms with Gasteiger partial charge < -0.3 is 4.90 Å². The van der Waals surface area contributed by atoms with E-state index in [1.807, 2.05) is 57.2 Å². The van der Waals surface area contributed by atoms with Gasteiger partial charge in [-0.2, -0.15) is 0 Å². The maximum absolute atomic E-state index is 13.8. The van der Waals surface area contributed by atoms with E-state index in [4.69, 9.17) is 4.98 Å². The zero-order chi connectivity index (χ0) is 24.3. The summed E-state index contributed by atoms with van der Waals surface area (Å²) in [7, 11) is -3.92. The van der Waals surface area contributed by atoms with Gasteiger partial charge in [0.1, 0.15) is 5.01 Å². The molecule has 1 aromatic heterocycles. The number of aromatic nitrogens is 1. The van der Waals surface area contributed by atoms with Crippen molar-refractivity contribution in [1.29, 1.82) is 0 Å². The van der Waals surface area contributed by atoms with Crippen LogP contribution in [0.15, 0.2) is 81.1 Å². The van der Waals surface area contributed by atoms with Gasteiger partial charge in [-0.05, 0) is 51.0 Å². The molecule has 0 amide bonds. The van der Waals surface area contributed by atoms with Crippen molar-refractivity contribution in [2.45, 2.75) is 39.0 Å². The summed E-state index contributed by atoms with van der Waals surface area (Å²) in [6, 6.07) is 16.6. The van der Waals surface area contributed by atoms with Gasteiger partial charge in [0.05, 0.1) is 14.8 Å². The highest BCUT2D eigenvalue weighted by Gasteiger charge is 2.26. The number of nitrogens with zero attached hydrogens (tertiary/aromatic N) is 4. The first kappa shape index (κ1) is 24.0. The zero-order valence-electron chi connectivity index (χ0n) is 19.8. The Labute approximate surface area is 204 Å². The van der Waals surface area contributed by atoms with Crippen molar-refractivity contribution in [2.24, 2.45) is 10.2 Å². The van der Waals surface area contributed by atoms with Gasteiger partial charge in [-0.1, -0.05) is 55.0 Å². The van der Waals surface area contributed by atoms with Crippen molar-refractivity contribution in [3.05, 3.63) is 81.4 Å². The number of benzene rings is 2. The molecule has 0 atom stereocenters. The van der Waals surface area contributed by atoms with E-state index < -0.39 is 9.84 Å². The second-order valence-corrected chi connectivity index (χ2v) is 10.8. The van der Waals surface area contributed by atoms with Crippen LogP contribution in [0.5, 0.6) is 0 Å². The number of hydrogen-bond acceptors (Lipinski definition) is 7. The first-order valence-corrected chi connectivity index (χ1v) is 13.7. The molecule has 6 nitrogen and oxygen atoms in total. The topological polar surface area (TPSA) is 75.0 Å². The molecule has 0 N–H and O–H groups in total. The largest absolute Gasteiger partial charge is 0.355 e. The molecular weight excluding hydrogens is 464 g/mol. The molecule has 1 aliphatic heterocycles. The third-order valence-corrected chi connectivity index (χ3v) is 8.68. The fourth-order valence-corrected chi connectivity index (χ4v) is 6.37. The number of allylic oxidation sites excluding steroid dienone is 1. The minimum Gasteiger partial charge on any atom is -0.355 e. The summed E-state index contributed by atoms with van der Waals surface area (Å²) in [5.41, 5.74) is 2.90. The fourth-order valence-electron chi connectivity index (χ4n) is 3.77.